The third kappa shape index (κ3) is 7.89. The highest BCUT2D eigenvalue weighted by atomic mass is 16.4. The fourth-order valence-electron chi connectivity index (χ4n) is 4.18. The van der Waals surface area contributed by atoms with E-state index in [2.05, 4.69) is 30.9 Å². The number of rotatable bonds is 14. The van der Waals surface area contributed by atoms with Gasteiger partial charge in [-0.1, -0.05) is 32.0 Å². The van der Waals surface area contributed by atoms with Gasteiger partial charge in [-0.3, -0.25) is 19.2 Å². The highest BCUT2D eigenvalue weighted by Crippen LogP contribution is 2.19. The second kappa shape index (κ2) is 13.4. The van der Waals surface area contributed by atoms with Crippen LogP contribution in [0.25, 0.3) is 10.9 Å². The Morgan fingerprint density at radius 2 is 1.65 bits per heavy atom. The minimum Gasteiger partial charge on any atom is -0.480 e. The molecule has 0 aliphatic carbocycles. The Kier molecular flexibility index (Phi) is 9.97. The quantitative estimate of drug-likeness (QED) is 0.124. The minimum atomic E-state index is -1.29. The van der Waals surface area contributed by atoms with Crippen molar-refractivity contribution >= 4 is 40.5 Å². The van der Waals surface area contributed by atoms with Gasteiger partial charge in [0, 0.05) is 41.8 Å². The van der Waals surface area contributed by atoms with Crippen molar-refractivity contribution in [1.82, 2.24) is 30.9 Å². The highest BCUT2D eigenvalue weighted by Gasteiger charge is 2.32. The van der Waals surface area contributed by atoms with E-state index < -0.39 is 66.1 Å². The standard InChI is InChI=1S/C26H34N8O6/c1-13(2)22(34-23(36)17(27)9-21(28)35)25(38)32-19(8-15-11-29-12-31-15)24(37)33-20(26(39)40)7-14-10-30-18-6-4-3-5-16(14)18/h3-6,10-13,17,19-20,22,30H,7-9,27H2,1-2H3,(H2,28,35)(H,29,31)(H,32,38)(H,33,37)(H,34,36)(H,39,40). The summed E-state index contributed by atoms with van der Waals surface area (Å²) in [6.07, 6.45) is 4.12. The van der Waals surface area contributed by atoms with Crippen LogP contribution in [0.15, 0.2) is 43.0 Å². The number of aromatic nitrogens is 3. The number of nitrogens with zero attached hydrogens (tertiary/aromatic N) is 1. The predicted octanol–water partition coefficient (Wildman–Crippen LogP) is -0.926. The van der Waals surface area contributed by atoms with E-state index in [0.29, 0.717) is 11.3 Å². The smallest absolute Gasteiger partial charge is 0.326 e. The lowest BCUT2D eigenvalue weighted by Gasteiger charge is -2.26. The molecule has 4 unspecified atom stereocenters. The first kappa shape index (κ1) is 29.8. The van der Waals surface area contributed by atoms with Gasteiger partial charge in [-0.15, -0.1) is 0 Å². The van der Waals surface area contributed by atoms with E-state index in [1.165, 1.54) is 12.5 Å². The maximum absolute atomic E-state index is 13.4. The molecule has 40 heavy (non-hydrogen) atoms. The van der Waals surface area contributed by atoms with E-state index >= 15 is 0 Å². The Morgan fingerprint density at radius 3 is 2.27 bits per heavy atom. The van der Waals surface area contributed by atoms with Gasteiger partial charge < -0.3 is 42.5 Å². The number of carbonyl (C=O) groups excluding carboxylic acids is 4. The third-order valence-corrected chi connectivity index (χ3v) is 6.33. The SMILES string of the molecule is CC(C)C(NC(=O)C(N)CC(N)=O)C(=O)NC(Cc1cnc[nH]1)C(=O)NC(Cc1c[nH]c2ccccc12)C(=O)O. The van der Waals surface area contributed by atoms with E-state index in [1.807, 2.05) is 24.3 Å². The summed E-state index contributed by atoms with van der Waals surface area (Å²) in [6, 6.07) is 2.51. The molecule has 0 spiro atoms. The molecular weight excluding hydrogens is 520 g/mol. The summed E-state index contributed by atoms with van der Waals surface area (Å²) in [5.41, 5.74) is 12.8. The highest BCUT2D eigenvalue weighted by molar-refractivity contribution is 5.95. The second-order valence-electron chi connectivity index (χ2n) is 9.81. The zero-order chi connectivity index (χ0) is 29.4. The molecule has 2 aromatic heterocycles. The maximum atomic E-state index is 13.4. The number of H-pyrrole nitrogens is 2. The lowest BCUT2D eigenvalue weighted by Crippen LogP contribution is -2.59. The molecule has 2 heterocycles. The Bertz CT molecular complexity index is 1350. The van der Waals surface area contributed by atoms with Gasteiger partial charge in [0.2, 0.25) is 23.6 Å². The Labute approximate surface area is 229 Å². The number of amides is 4. The number of carbonyl (C=O) groups is 5. The molecule has 214 valence electrons. The number of fused-ring (bicyclic) bond motifs is 1. The number of para-hydroxylation sites is 1. The summed E-state index contributed by atoms with van der Waals surface area (Å²) in [6.45, 7) is 3.35. The van der Waals surface area contributed by atoms with Crippen molar-refractivity contribution < 1.29 is 29.1 Å². The van der Waals surface area contributed by atoms with Crippen LogP contribution in [0.2, 0.25) is 0 Å². The van der Waals surface area contributed by atoms with Crippen LogP contribution in [-0.2, 0) is 36.8 Å². The third-order valence-electron chi connectivity index (χ3n) is 6.33. The van der Waals surface area contributed by atoms with Crippen LogP contribution < -0.4 is 27.4 Å². The van der Waals surface area contributed by atoms with Crippen LogP contribution in [0.1, 0.15) is 31.5 Å². The zero-order valence-electron chi connectivity index (χ0n) is 22.1. The molecule has 14 heteroatoms. The van der Waals surface area contributed by atoms with Gasteiger partial charge >= 0.3 is 5.97 Å². The molecule has 0 fully saturated rings. The van der Waals surface area contributed by atoms with Crippen LogP contribution >= 0.6 is 0 Å². The summed E-state index contributed by atoms with van der Waals surface area (Å²) in [4.78, 5) is 72.1. The molecule has 0 aliphatic rings. The van der Waals surface area contributed by atoms with Crippen molar-refractivity contribution in [2.75, 3.05) is 0 Å². The summed E-state index contributed by atoms with van der Waals surface area (Å²) >= 11 is 0. The Hall–Kier alpha value is -4.72. The van der Waals surface area contributed by atoms with Gasteiger partial charge in [0.15, 0.2) is 0 Å². The molecule has 0 bridgehead atoms. The monoisotopic (exact) mass is 554 g/mol. The number of hydrogen-bond acceptors (Lipinski definition) is 7. The topological polar surface area (TPSA) is 238 Å². The number of nitrogens with two attached hydrogens (primary N) is 2. The van der Waals surface area contributed by atoms with Gasteiger partial charge in [0.1, 0.15) is 18.1 Å². The average molecular weight is 555 g/mol. The fraction of sp³-hybridized carbons (Fsp3) is 0.385. The van der Waals surface area contributed by atoms with Crippen LogP contribution in [0.4, 0.5) is 0 Å². The number of hydrogen-bond donors (Lipinski definition) is 8. The Balaban J connectivity index is 1.77. The summed E-state index contributed by atoms with van der Waals surface area (Å²) in [5, 5.41) is 18.3. The van der Waals surface area contributed by atoms with Gasteiger partial charge in [-0.2, -0.15) is 0 Å². The van der Waals surface area contributed by atoms with Crippen molar-refractivity contribution in [3.05, 3.63) is 54.2 Å². The molecule has 0 saturated heterocycles. The zero-order valence-corrected chi connectivity index (χ0v) is 22.1. The number of nitrogens with one attached hydrogen (secondary N) is 5. The maximum Gasteiger partial charge on any atom is 0.326 e. The van der Waals surface area contributed by atoms with E-state index in [-0.39, 0.29) is 12.8 Å². The van der Waals surface area contributed by atoms with Crippen molar-refractivity contribution in [1.29, 1.82) is 0 Å². The molecule has 0 saturated carbocycles. The molecule has 4 amide bonds. The molecule has 0 radical (unpaired) electrons. The van der Waals surface area contributed by atoms with E-state index in [1.54, 1.807) is 20.0 Å². The molecule has 3 rings (SSSR count). The Morgan fingerprint density at radius 1 is 0.950 bits per heavy atom. The van der Waals surface area contributed by atoms with Crippen molar-refractivity contribution in [3.63, 3.8) is 0 Å². The minimum absolute atomic E-state index is 0.00175. The van der Waals surface area contributed by atoms with E-state index in [4.69, 9.17) is 11.5 Å². The number of benzene rings is 1. The molecule has 1 aromatic carbocycles. The van der Waals surface area contributed by atoms with Crippen LogP contribution in [0.5, 0.6) is 0 Å². The lowest BCUT2D eigenvalue weighted by molar-refractivity contribution is -0.142. The van der Waals surface area contributed by atoms with E-state index in [9.17, 15) is 29.1 Å². The number of aliphatic carboxylic acids is 1. The van der Waals surface area contributed by atoms with Crippen molar-refractivity contribution in [2.24, 2.45) is 17.4 Å². The number of primary amides is 1. The normalized spacial score (nSPS) is 14.2. The van der Waals surface area contributed by atoms with Gasteiger partial charge in [0.25, 0.3) is 0 Å². The fourth-order valence-corrected chi connectivity index (χ4v) is 4.18. The summed E-state index contributed by atoms with van der Waals surface area (Å²) < 4.78 is 0. The summed E-state index contributed by atoms with van der Waals surface area (Å²) in [5.74, 6) is -4.64. The predicted molar refractivity (Wildman–Crippen MR) is 144 cm³/mol. The molecular formula is C26H34N8O6. The summed E-state index contributed by atoms with van der Waals surface area (Å²) in [7, 11) is 0. The molecule has 14 nitrogen and oxygen atoms in total. The van der Waals surface area contributed by atoms with Crippen LogP contribution in [-0.4, -0.2) is 73.8 Å². The lowest BCUT2D eigenvalue weighted by atomic mass is 10.0. The number of aromatic amines is 2. The van der Waals surface area contributed by atoms with Crippen LogP contribution in [0.3, 0.4) is 0 Å². The number of carboxylic acid groups (broad SMARTS) is 1. The molecule has 10 N–H and O–H groups in total. The first-order valence-electron chi connectivity index (χ1n) is 12.7. The van der Waals surface area contributed by atoms with Crippen molar-refractivity contribution in [3.8, 4) is 0 Å². The van der Waals surface area contributed by atoms with Gasteiger partial charge in [-0.05, 0) is 17.5 Å². The second-order valence-corrected chi connectivity index (χ2v) is 9.81. The van der Waals surface area contributed by atoms with Crippen molar-refractivity contribution in [2.45, 2.75) is 57.3 Å². The first-order valence-corrected chi connectivity index (χ1v) is 12.7. The largest absolute Gasteiger partial charge is 0.480 e. The van der Waals surface area contributed by atoms with Gasteiger partial charge in [-0.25, -0.2) is 9.78 Å². The number of imidazole rings is 1. The molecule has 4 atom stereocenters. The van der Waals surface area contributed by atoms with Crippen LogP contribution in [0, 0.1) is 5.92 Å². The first-order chi connectivity index (χ1) is 19.0. The van der Waals surface area contributed by atoms with Gasteiger partial charge in [0.05, 0.1) is 18.8 Å². The average Bonchev–Trinajstić information content (AvgIpc) is 3.55. The number of carboxylic acids is 1. The molecule has 3 aromatic rings. The molecule has 0 aliphatic heterocycles. The van der Waals surface area contributed by atoms with E-state index in [0.717, 1.165) is 10.9 Å².